The molecular formula is C15H8F2N2O2. The Labute approximate surface area is 119 Å². The Morgan fingerprint density at radius 2 is 1.52 bits per heavy atom. The van der Waals surface area contributed by atoms with Gasteiger partial charge in [0.1, 0.15) is 0 Å². The molecule has 0 aliphatic rings. The quantitative estimate of drug-likeness (QED) is 0.866. The number of benzene rings is 2. The smallest absolute Gasteiger partial charge is 0.198 e. The largest absolute Gasteiger partial charge is 0.493 e. The van der Waals surface area contributed by atoms with Gasteiger partial charge < -0.3 is 9.47 Å². The molecule has 2 aromatic rings. The van der Waals surface area contributed by atoms with Gasteiger partial charge in [0, 0.05) is 6.07 Å². The maximum atomic E-state index is 13.8. The minimum atomic E-state index is -1.00. The van der Waals surface area contributed by atoms with Gasteiger partial charge in [-0.15, -0.1) is 0 Å². The van der Waals surface area contributed by atoms with E-state index in [1.165, 1.54) is 25.3 Å². The summed E-state index contributed by atoms with van der Waals surface area (Å²) in [5, 5.41) is 17.4. The van der Waals surface area contributed by atoms with E-state index < -0.39 is 17.4 Å². The maximum absolute atomic E-state index is 13.8. The fraction of sp³-hybridized carbons (Fsp3) is 0.0667. The summed E-state index contributed by atoms with van der Waals surface area (Å²) in [4.78, 5) is 0. The van der Waals surface area contributed by atoms with E-state index in [0.29, 0.717) is 5.56 Å². The van der Waals surface area contributed by atoms with Gasteiger partial charge in [-0.1, -0.05) is 0 Å². The van der Waals surface area contributed by atoms with Crippen LogP contribution in [0, 0.1) is 34.3 Å². The third-order valence-corrected chi connectivity index (χ3v) is 2.63. The highest BCUT2D eigenvalue weighted by Crippen LogP contribution is 2.35. The summed E-state index contributed by atoms with van der Waals surface area (Å²) in [5.74, 6) is -2.43. The van der Waals surface area contributed by atoms with Gasteiger partial charge in [-0.2, -0.15) is 10.5 Å². The van der Waals surface area contributed by atoms with Crippen LogP contribution in [0.4, 0.5) is 8.78 Å². The van der Waals surface area contributed by atoms with Crippen molar-refractivity contribution >= 4 is 0 Å². The highest BCUT2D eigenvalue weighted by atomic mass is 19.1. The van der Waals surface area contributed by atoms with Crippen LogP contribution in [0.1, 0.15) is 11.1 Å². The second kappa shape index (κ2) is 5.89. The van der Waals surface area contributed by atoms with Crippen LogP contribution in [0.25, 0.3) is 0 Å². The van der Waals surface area contributed by atoms with Gasteiger partial charge in [-0.05, 0) is 24.3 Å². The number of halogens is 2. The van der Waals surface area contributed by atoms with Crippen LogP contribution in [0.5, 0.6) is 17.2 Å². The van der Waals surface area contributed by atoms with Crippen molar-refractivity contribution in [3.63, 3.8) is 0 Å². The molecule has 0 saturated heterocycles. The van der Waals surface area contributed by atoms with Crippen LogP contribution in [-0.4, -0.2) is 7.11 Å². The lowest BCUT2D eigenvalue weighted by Gasteiger charge is -2.11. The van der Waals surface area contributed by atoms with Crippen LogP contribution in [-0.2, 0) is 0 Å². The molecule has 0 aliphatic carbocycles. The molecule has 4 nitrogen and oxygen atoms in total. The molecule has 6 heteroatoms. The Morgan fingerprint density at radius 3 is 2.05 bits per heavy atom. The van der Waals surface area contributed by atoms with E-state index in [-0.39, 0.29) is 17.1 Å². The summed E-state index contributed by atoms with van der Waals surface area (Å²) in [6.45, 7) is 0. The Bertz CT molecular complexity index is 753. The highest BCUT2D eigenvalue weighted by Gasteiger charge is 2.16. The summed E-state index contributed by atoms with van der Waals surface area (Å²) < 4.78 is 37.7. The molecule has 0 radical (unpaired) electrons. The predicted octanol–water partition coefficient (Wildman–Crippen LogP) is 3.51. The zero-order chi connectivity index (χ0) is 15.4. The second-order valence-electron chi connectivity index (χ2n) is 3.96. The van der Waals surface area contributed by atoms with Crippen molar-refractivity contribution in [1.82, 2.24) is 0 Å². The lowest BCUT2D eigenvalue weighted by molar-refractivity contribution is 0.359. The van der Waals surface area contributed by atoms with Gasteiger partial charge in [0.25, 0.3) is 0 Å². The van der Waals surface area contributed by atoms with Gasteiger partial charge in [0.2, 0.25) is 0 Å². The molecule has 0 amide bonds. The van der Waals surface area contributed by atoms with Crippen LogP contribution in [0.2, 0.25) is 0 Å². The number of nitriles is 2. The molecular weight excluding hydrogens is 278 g/mol. The first-order valence-electron chi connectivity index (χ1n) is 5.74. The summed E-state index contributed by atoms with van der Waals surface area (Å²) in [6.07, 6.45) is 0. The molecule has 104 valence electrons. The number of rotatable bonds is 3. The molecule has 0 heterocycles. The molecule has 0 aliphatic heterocycles. The fourth-order valence-corrected chi connectivity index (χ4v) is 1.65. The molecule has 0 unspecified atom stereocenters. The van der Waals surface area contributed by atoms with Crippen molar-refractivity contribution < 1.29 is 18.3 Å². The van der Waals surface area contributed by atoms with E-state index in [4.69, 9.17) is 20.0 Å². The van der Waals surface area contributed by atoms with Crippen molar-refractivity contribution in [2.75, 3.05) is 7.11 Å². The Hall–Kier alpha value is -3.12. The summed E-state index contributed by atoms with van der Waals surface area (Å²) in [6, 6.07) is 9.47. The zero-order valence-electron chi connectivity index (χ0n) is 10.9. The fourth-order valence-electron chi connectivity index (χ4n) is 1.65. The lowest BCUT2D eigenvalue weighted by atomic mass is 10.2. The second-order valence-corrected chi connectivity index (χ2v) is 3.96. The zero-order valence-corrected chi connectivity index (χ0v) is 10.9. The maximum Gasteiger partial charge on any atom is 0.198 e. The topological polar surface area (TPSA) is 66.0 Å². The van der Waals surface area contributed by atoms with Gasteiger partial charge in [0.15, 0.2) is 28.9 Å². The van der Waals surface area contributed by atoms with Crippen LogP contribution >= 0.6 is 0 Å². The molecule has 2 rings (SSSR count). The van der Waals surface area contributed by atoms with Gasteiger partial charge >= 0.3 is 0 Å². The van der Waals surface area contributed by atoms with Crippen molar-refractivity contribution in [1.29, 1.82) is 10.5 Å². The van der Waals surface area contributed by atoms with E-state index in [1.807, 2.05) is 6.07 Å². The molecule has 2 aromatic carbocycles. The van der Waals surface area contributed by atoms with Crippen molar-refractivity contribution in [2.24, 2.45) is 0 Å². The third-order valence-electron chi connectivity index (χ3n) is 2.63. The summed E-state index contributed by atoms with van der Waals surface area (Å²) >= 11 is 0. The first kappa shape index (κ1) is 14.3. The van der Waals surface area contributed by atoms with E-state index in [2.05, 4.69) is 0 Å². The normalized spacial score (nSPS) is 9.57. The standard InChI is InChI=1S/C15H8F2N2O2/c1-20-14-6-9(7-18)2-3-13(14)21-15-11(16)4-10(8-19)5-12(15)17/h2-6H,1H3. The van der Waals surface area contributed by atoms with E-state index >= 15 is 0 Å². The van der Waals surface area contributed by atoms with Crippen molar-refractivity contribution in [3.05, 3.63) is 53.1 Å². The highest BCUT2D eigenvalue weighted by molar-refractivity contribution is 5.49. The van der Waals surface area contributed by atoms with Crippen LogP contribution in [0.15, 0.2) is 30.3 Å². The molecule has 0 N–H and O–H groups in total. The Morgan fingerprint density at radius 1 is 0.905 bits per heavy atom. The summed E-state index contributed by atoms with van der Waals surface area (Å²) in [5.41, 5.74) is 0.170. The molecule has 0 aromatic heterocycles. The summed E-state index contributed by atoms with van der Waals surface area (Å²) in [7, 11) is 1.34. The minimum absolute atomic E-state index is 0.0546. The van der Waals surface area contributed by atoms with Gasteiger partial charge in [0.05, 0.1) is 30.4 Å². The average Bonchev–Trinajstić information content (AvgIpc) is 2.50. The Balaban J connectivity index is 2.44. The number of nitrogens with zero attached hydrogens (tertiary/aromatic N) is 2. The molecule has 21 heavy (non-hydrogen) atoms. The molecule has 0 bridgehead atoms. The lowest BCUT2D eigenvalue weighted by Crippen LogP contribution is -1.96. The van der Waals surface area contributed by atoms with Crippen molar-refractivity contribution in [2.45, 2.75) is 0 Å². The predicted molar refractivity (Wildman–Crippen MR) is 68.9 cm³/mol. The van der Waals surface area contributed by atoms with Crippen LogP contribution < -0.4 is 9.47 Å². The molecule has 0 atom stereocenters. The van der Waals surface area contributed by atoms with Gasteiger partial charge in [-0.25, -0.2) is 8.78 Å². The first-order chi connectivity index (χ1) is 10.1. The van der Waals surface area contributed by atoms with E-state index in [9.17, 15) is 8.78 Å². The Kier molecular flexibility index (Phi) is 4.01. The monoisotopic (exact) mass is 286 g/mol. The van der Waals surface area contributed by atoms with E-state index in [0.717, 1.165) is 12.1 Å². The average molecular weight is 286 g/mol. The third kappa shape index (κ3) is 2.90. The SMILES string of the molecule is COc1cc(C#N)ccc1Oc1c(F)cc(C#N)cc1F. The number of ether oxygens (including phenoxy) is 2. The number of hydrogen-bond donors (Lipinski definition) is 0. The number of methoxy groups -OCH3 is 1. The van der Waals surface area contributed by atoms with Crippen molar-refractivity contribution in [3.8, 4) is 29.4 Å². The van der Waals surface area contributed by atoms with Crippen LogP contribution in [0.3, 0.4) is 0 Å². The minimum Gasteiger partial charge on any atom is -0.493 e. The number of hydrogen-bond acceptors (Lipinski definition) is 4. The van der Waals surface area contributed by atoms with E-state index in [1.54, 1.807) is 6.07 Å². The first-order valence-corrected chi connectivity index (χ1v) is 5.74. The molecule has 0 fully saturated rings. The molecule has 0 saturated carbocycles. The van der Waals surface area contributed by atoms with Gasteiger partial charge in [-0.3, -0.25) is 0 Å². The molecule has 0 spiro atoms.